The quantitative estimate of drug-likeness (QED) is 0.787. The van der Waals surface area contributed by atoms with Gasteiger partial charge in [0.15, 0.2) is 5.58 Å². The van der Waals surface area contributed by atoms with Gasteiger partial charge in [-0.25, -0.2) is 4.79 Å². The molecule has 6 heteroatoms. The van der Waals surface area contributed by atoms with Gasteiger partial charge in [0.2, 0.25) is 5.91 Å². The fraction of sp³-hybridized carbons (Fsp3) is 0.467. The highest BCUT2D eigenvalue weighted by atomic mass is 16.4. The van der Waals surface area contributed by atoms with Crippen molar-refractivity contribution in [1.82, 2.24) is 10.3 Å². The largest absolute Gasteiger partial charge is 0.417 e. The van der Waals surface area contributed by atoms with Crippen molar-refractivity contribution in [3.63, 3.8) is 0 Å². The van der Waals surface area contributed by atoms with Gasteiger partial charge in [-0.3, -0.25) is 9.78 Å². The number of carbonyl (C=O) groups excluding carboxylic acids is 1. The molecule has 3 rings (SSSR count). The molecule has 2 aromatic rings. The zero-order valence-corrected chi connectivity index (χ0v) is 12.2. The van der Waals surface area contributed by atoms with Gasteiger partial charge in [0.25, 0.3) is 0 Å². The van der Waals surface area contributed by atoms with Crippen LogP contribution in [0.2, 0.25) is 0 Å². The lowest BCUT2D eigenvalue weighted by molar-refractivity contribution is -0.121. The predicted octanol–water partition coefficient (Wildman–Crippen LogP) is 1.84. The molecule has 1 atom stereocenters. The summed E-state index contributed by atoms with van der Waals surface area (Å²) in [5, 5.41) is 6.19. The average molecular weight is 289 g/mol. The van der Waals surface area contributed by atoms with Crippen LogP contribution < -0.4 is 16.4 Å². The summed E-state index contributed by atoms with van der Waals surface area (Å²) in [6, 6.07) is 4.88. The van der Waals surface area contributed by atoms with Crippen molar-refractivity contribution < 1.29 is 9.21 Å². The van der Waals surface area contributed by atoms with E-state index in [9.17, 15) is 9.59 Å². The number of aromatic nitrogens is 1. The second kappa shape index (κ2) is 5.04. The number of rotatable bonds is 2. The number of amides is 1. The third-order valence-corrected chi connectivity index (χ3v) is 4.08. The number of hydrogen-bond acceptors (Lipinski definition) is 4. The summed E-state index contributed by atoms with van der Waals surface area (Å²) in [7, 11) is 0. The van der Waals surface area contributed by atoms with E-state index in [1.165, 1.54) is 0 Å². The number of aromatic amines is 1. The number of piperidine rings is 1. The van der Waals surface area contributed by atoms with Crippen molar-refractivity contribution in [2.45, 2.75) is 32.7 Å². The molecule has 6 nitrogen and oxygen atoms in total. The number of carbonyl (C=O) groups is 1. The van der Waals surface area contributed by atoms with Crippen LogP contribution in [0, 0.1) is 5.41 Å². The molecule has 1 aromatic heterocycles. The lowest BCUT2D eigenvalue weighted by Crippen LogP contribution is -2.53. The summed E-state index contributed by atoms with van der Waals surface area (Å²) in [6.45, 7) is 5.05. The smallest absolute Gasteiger partial charge is 0.408 e. The third-order valence-electron chi connectivity index (χ3n) is 4.08. The average Bonchev–Trinajstić information content (AvgIpc) is 2.77. The van der Waals surface area contributed by atoms with Crippen molar-refractivity contribution in [1.29, 1.82) is 0 Å². The van der Waals surface area contributed by atoms with Crippen LogP contribution in [0.1, 0.15) is 26.7 Å². The van der Waals surface area contributed by atoms with E-state index in [0.29, 0.717) is 16.8 Å². The van der Waals surface area contributed by atoms with E-state index in [0.717, 1.165) is 19.4 Å². The maximum absolute atomic E-state index is 12.5. The Morgan fingerprint density at radius 1 is 1.43 bits per heavy atom. The van der Waals surface area contributed by atoms with Crippen LogP contribution in [0.3, 0.4) is 0 Å². The lowest BCUT2D eigenvalue weighted by Gasteiger charge is -2.38. The Kier molecular flexibility index (Phi) is 3.33. The number of fused-ring (bicyclic) bond motifs is 1. The van der Waals surface area contributed by atoms with Crippen LogP contribution in [0.5, 0.6) is 0 Å². The Hall–Kier alpha value is -2.08. The Bertz CT molecular complexity index is 729. The van der Waals surface area contributed by atoms with Crippen molar-refractivity contribution in [2.24, 2.45) is 5.41 Å². The van der Waals surface area contributed by atoms with Gasteiger partial charge in [0.1, 0.15) is 0 Å². The molecule has 0 radical (unpaired) electrons. The van der Waals surface area contributed by atoms with Gasteiger partial charge in [0, 0.05) is 5.69 Å². The molecule has 1 saturated heterocycles. The molecule has 1 amide bonds. The van der Waals surface area contributed by atoms with E-state index in [2.05, 4.69) is 29.5 Å². The van der Waals surface area contributed by atoms with E-state index in [-0.39, 0.29) is 17.4 Å². The van der Waals surface area contributed by atoms with Crippen LogP contribution in [-0.4, -0.2) is 23.5 Å². The molecule has 1 fully saturated rings. The van der Waals surface area contributed by atoms with Crippen molar-refractivity contribution >= 4 is 22.7 Å². The Balaban J connectivity index is 1.80. The van der Waals surface area contributed by atoms with Gasteiger partial charge in [0.05, 0.1) is 11.6 Å². The first-order chi connectivity index (χ1) is 9.95. The van der Waals surface area contributed by atoms with Crippen LogP contribution in [0.4, 0.5) is 5.69 Å². The molecule has 0 bridgehead atoms. The van der Waals surface area contributed by atoms with E-state index >= 15 is 0 Å². The van der Waals surface area contributed by atoms with Crippen LogP contribution in [0.15, 0.2) is 27.4 Å². The number of anilines is 1. The summed E-state index contributed by atoms with van der Waals surface area (Å²) in [5.74, 6) is -0.548. The van der Waals surface area contributed by atoms with Gasteiger partial charge >= 0.3 is 5.76 Å². The fourth-order valence-corrected chi connectivity index (χ4v) is 2.90. The second-order valence-electron chi connectivity index (χ2n) is 6.19. The van der Waals surface area contributed by atoms with Gasteiger partial charge in [-0.1, -0.05) is 13.8 Å². The van der Waals surface area contributed by atoms with Gasteiger partial charge < -0.3 is 15.1 Å². The number of hydrogen-bond donors (Lipinski definition) is 3. The Morgan fingerprint density at radius 2 is 2.24 bits per heavy atom. The van der Waals surface area contributed by atoms with Gasteiger partial charge in [-0.2, -0.15) is 0 Å². The summed E-state index contributed by atoms with van der Waals surface area (Å²) in [5.41, 5.74) is 1.63. The first kappa shape index (κ1) is 13.9. The highest BCUT2D eigenvalue weighted by Crippen LogP contribution is 2.30. The number of H-pyrrole nitrogens is 1. The Labute approximate surface area is 121 Å². The molecule has 21 heavy (non-hydrogen) atoms. The number of oxazole rings is 1. The lowest BCUT2D eigenvalue weighted by atomic mass is 9.77. The Morgan fingerprint density at radius 3 is 3.00 bits per heavy atom. The maximum Gasteiger partial charge on any atom is 0.417 e. The molecule has 1 aromatic carbocycles. The molecular formula is C15H19N3O3. The highest BCUT2D eigenvalue weighted by molar-refractivity contribution is 5.96. The molecule has 112 valence electrons. The zero-order valence-electron chi connectivity index (χ0n) is 12.2. The van der Waals surface area contributed by atoms with E-state index in [4.69, 9.17) is 4.42 Å². The predicted molar refractivity (Wildman–Crippen MR) is 80.3 cm³/mol. The molecular weight excluding hydrogens is 270 g/mol. The zero-order chi connectivity index (χ0) is 15.0. The van der Waals surface area contributed by atoms with E-state index in [1.54, 1.807) is 18.2 Å². The molecule has 3 N–H and O–H groups in total. The van der Waals surface area contributed by atoms with Crippen molar-refractivity contribution in [3.8, 4) is 0 Å². The minimum atomic E-state index is -0.497. The molecule has 1 aliphatic rings. The number of nitrogens with one attached hydrogen (secondary N) is 3. The first-order valence-electron chi connectivity index (χ1n) is 7.13. The van der Waals surface area contributed by atoms with Gasteiger partial charge in [-0.15, -0.1) is 0 Å². The second-order valence-corrected chi connectivity index (χ2v) is 6.19. The monoisotopic (exact) mass is 289 g/mol. The van der Waals surface area contributed by atoms with E-state index < -0.39 is 5.76 Å². The summed E-state index contributed by atoms with van der Waals surface area (Å²) < 4.78 is 4.94. The molecule has 0 saturated carbocycles. The first-order valence-corrected chi connectivity index (χ1v) is 7.13. The standard InChI is InChI=1S/C15H19N3O3/c1-15(2)6-3-7-16-12(15)13(19)17-9-4-5-11-10(8-9)18-14(20)21-11/h4-5,8,12,16H,3,6-7H2,1-2H3,(H,17,19)(H,18,20). The molecule has 1 aliphatic heterocycles. The SMILES string of the molecule is CC1(C)CCCNC1C(=O)Nc1ccc2oc(=O)[nH]c2c1. The van der Waals surface area contributed by atoms with Crippen LogP contribution in [0.25, 0.3) is 11.1 Å². The minimum Gasteiger partial charge on any atom is -0.408 e. The highest BCUT2D eigenvalue weighted by Gasteiger charge is 2.37. The van der Waals surface area contributed by atoms with Crippen LogP contribution in [-0.2, 0) is 4.79 Å². The number of benzene rings is 1. The molecule has 0 spiro atoms. The van der Waals surface area contributed by atoms with E-state index in [1.807, 2.05) is 0 Å². The normalized spacial score (nSPS) is 21.3. The van der Waals surface area contributed by atoms with Crippen molar-refractivity contribution in [2.75, 3.05) is 11.9 Å². The third kappa shape index (κ3) is 2.71. The topological polar surface area (TPSA) is 87.1 Å². The van der Waals surface area contributed by atoms with Gasteiger partial charge in [-0.05, 0) is 43.0 Å². The molecule has 0 aliphatic carbocycles. The molecule has 1 unspecified atom stereocenters. The summed E-state index contributed by atoms with van der Waals surface area (Å²) in [4.78, 5) is 26.2. The van der Waals surface area contributed by atoms with Crippen LogP contribution >= 0.6 is 0 Å². The minimum absolute atomic E-state index is 0.0510. The fourth-order valence-electron chi connectivity index (χ4n) is 2.90. The maximum atomic E-state index is 12.5. The summed E-state index contributed by atoms with van der Waals surface area (Å²) >= 11 is 0. The van der Waals surface area contributed by atoms with Crippen molar-refractivity contribution in [3.05, 3.63) is 28.7 Å². The molecule has 2 heterocycles. The summed E-state index contributed by atoms with van der Waals surface area (Å²) in [6.07, 6.45) is 2.10.